The predicted octanol–water partition coefficient (Wildman–Crippen LogP) is 3.09. The Bertz CT molecular complexity index is 1100. The molecular formula is C22H23FN4O3. The maximum absolute atomic E-state index is 14.4. The topological polar surface area (TPSA) is 78.5 Å². The minimum atomic E-state index is -0.620. The molecular weight excluding hydrogens is 387 g/mol. The molecule has 0 aliphatic carbocycles. The summed E-state index contributed by atoms with van der Waals surface area (Å²) in [5, 5.41) is 0. The van der Waals surface area contributed by atoms with Gasteiger partial charge in [0.1, 0.15) is 11.6 Å². The molecule has 1 saturated heterocycles. The summed E-state index contributed by atoms with van der Waals surface area (Å²) in [5.74, 6) is -0.756. The standard InChI is InChI=1S/C22H23FN4O3/c1-13-10-26(21(28)15-4-7-19-20(8-15)25-12-24-19)11-14(2)27(13)22(29)17-6-5-16(30-3)9-18(17)23/h4-9,12-14H,10-11H2,1-3H3,(H,24,25)/t13-,14-/m1/s1. The molecule has 0 unspecified atom stereocenters. The zero-order valence-electron chi connectivity index (χ0n) is 17.1. The molecule has 0 spiro atoms. The number of carbonyl (C=O) groups excluding carboxylic acids is 2. The molecule has 2 amide bonds. The van der Waals surface area contributed by atoms with Crippen molar-refractivity contribution in [2.24, 2.45) is 0 Å². The third-order valence-corrected chi connectivity index (χ3v) is 5.51. The number of carbonyl (C=O) groups is 2. The molecule has 1 N–H and O–H groups in total. The van der Waals surface area contributed by atoms with Crippen LogP contribution in [0.2, 0.25) is 0 Å². The van der Waals surface area contributed by atoms with Crippen molar-refractivity contribution in [1.82, 2.24) is 19.8 Å². The number of imidazole rings is 1. The molecule has 7 nitrogen and oxygen atoms in total. The number of ether oxygens (including phenoxy) is 1. The highest BCUT2D eigenvalue weighted by Crippen LogP contribution is 2.24. The fourth-order valence-corrected chi connectivity index (χ4v) is 4.08. The second-order valence-electron chi connectivity index (χ2n) is 7.60. The average molecular weight is 410 g/mol. The Morgan fingerprint density at radius 1 is 1.10 bits per heavy atom. The number of piperazine rings is 1. The van der Waals surface area contributed by atoms with Crippen LogP contribution in [0.1, 0.15) is 34.6 Å². The van der Waals surface area contributed by atoms with Crippen LogP contribution in [0.15, 0.2) is 42.7 Å². The summed E-state index contributed by atoms with van der Waals surface area (Å²) >= 11 is 0. The lowest BCUT2D eigenvalue weighted by molar-refractivity contribution is 0.0251. The van der Waals surface area contributed by atoms with Crippen LogP contribution in [0, 0.1) is 5.82 Å². The van der Waals surface area contributed by atoms with Gasteiger partial charge in [0.05, 0.1) is 30.0 Å². The molecule has 2 aromatic carbocycles. The molecule has 2 atom stereocenters. The summed E-state index contributed by atoms with van der Waals surface area (Å²) < 4.78 is 19.4. The molecule has 1 aromatic heterocycles. The molecule has 8 heteroatoms. The first-order valence-corrected chi connectivity index (χ1v) is 9.77. The van der Waals surface area contributed by atoms with Gasteiger partial charge in [-0.2, -0.15) is 0 Å². The van der Waals surface area contributed by atoms with Crippen molar-refractivity contribution < 1.29 is 18.7 Å². The molecule has 156 valence electrons. The lowest BCUT2D eigenvalue weighted by Crippen LogP contribution is -2.59. The number of benzene rings is 2. The predicted molar refractivity (Wildman–Crippen MR) is 110 cm³/mol. The van der Waals surface area contributed by atoms with Gasteiger partial charge in [0.15, 0.2) is 0 Å². The second-order valence-corrected chi connectivity index (χ2v) is 7.60. The summed E-state index contributed by atoms with van der Waals surface area (Å²) in [5.41, 5.74) is 2.15. The van der Waals surface area contributed by atoms with Gasteiger partial charge < -0.3 is 19.5 Å². The maximum atomic E-state index is 14.4. The zero-order valence-corrected chi connectivity index (χ0v) is 17.1. The van der Waals surface area contributed by atoms with E-state index in [9.17, 15) is 14.0 Å². The number of fused-ring (bicyclic) bond motifs is 1. The number of hydrogen-bond donors (Lipinski definition) is 1. The Hall–Kier alpha value is -3.42. The fourth-order valence-electron chi connectivity index (χ4n) is 4.08. The van der Waals surface area contributed by atoms with Gasteiger partial charge in [-0.3, -0.25) is 9.59 Å². The number of halogens is 1. The van der Waals surface area contributed by atoms with E-state index in [1.807, 2.05) is 13.8 Å². The zero-order chi connectivity index (χ0) is 21.4. The smallest absolute Gasteiger partial charge is 0.257 e. The van der Waals surface area contributed by atoms with E-state index in [0.717, 1.165) is 11.0 Å². The third kappa shape index (κ3) is 3.49. The SMILES string of the molecule is COc1ccc(C(=O)N2[C@H](C)CN(C(=O)c3ccc4nc[nH]c4c3)C[C@H]2C)c(F)c1. The van der Waals surface area contributed by atoms with Crippen LogP contribution in [-0.2, 0) is 0 Å². The van der Waals surface area contributed by atoms with E-state index in [1.165, 1.54) is 19.2 Å². The molecule has 1 fully saturated rings. The van der Waals surface area contributed by atoms with E-state index in [-0.39, 0.29) is 29.5 Å². The lowest BCUT2D eigenvalue weighted by atomic mass is 10.0. The van der Waals surface area contributed by atoms with Crippen molar-refractivity contribution in [1.29, 1.82) is 0 Å². The number of H-pyrrole nitrogens is 1. The molecule has 4 rings (SSSR count). The summed E-state index contributed by atoms with van der Waals surface area (Å²) in [4.78, 5) is 36.6. The quantitative estimate of drug-likeness (QED) is 0.720. The third-order valence-electron chi connectivity index (χ3n) is 5.51. The van der Waals surface area contributed by atoms with E-state index in [1.54, 1.807) is 40.4 Å². The van der Waals surface area contributed by atoms with Crippen LogP contribution in [0.5, 0.6) is 5.75 Å². The van der Waals surface area contributed by atoms with Gasteiger partial charge >= 0.3 is 0 Å². The van der Waals surface area contributed by atoms with Gasteiger partial charge in [-0.05, 0) is 44.2 Å². The lowest BCUT2D eigenvalue weighted by Gasteiger charge is -2.44. The molecule has 1 aliphatic heterocycles. The number of methoxy groups -OCH3 is 1. The van der Waals surface area contributed by atoms with E-state index < -0.39 is 5.82 Å². The molecule has 0 radical (unpaired) electrons. The first-order chi connectivity index (χ1) is 14.4. The molecule has 1 aliphatic rings. The Balaban J connectivity index is 1.52. The number of hydrogen-bond acceptors (Lipinski definition) is 4. The number of amides is 2. The maximum Gasteiger partial charge on any atom is 0.257 e. The summed E-state index contributed by atoms with van der Waals surface area (Å²) in [6, 6.07) is 9.02. The highest BCUT2D eigenvalue weighted by atomic mass is 19.1. The molecule has 0 bridgehead atoms. The first kappa shape index (κ1) is 19.9. The second kappa shape index (κ2) is 7.78. The molecule has 3 aromatic rings. The minimum absolute atomic E-state index is 0.000951. The Labute approximate surface area is 173 Å². The number of aromatic amines is 1. The van der Waals surface area contributed by atoms with Crippen molar-refractivity contribution in [3.8, 4) is 5.75 Å². The van der Waals surface area contributed by atoms with Crippen molar-refractivity contribution in [2.75, 3.05) is 20.2 Å². The summed E-state index contributed by atoms with van der Waals surface area (Å²) in [6.07, 6.45) is 1.59. The van der Waals surface area contributed by atoms with Crippen LogP contribution < -0.4 is 4.74 Å². The Morgan fingerprint density at radius 2 is 1.83 bits per heavy atom. The monoisotopic (exact) mass is 410 g/mol. The molecule has 30 heavy (non-hydrogen) atoms. The molecule has 2 heterocycles. The van der Waals surface area contributed by atoms with Gasteiger partial charge in [-0.25, -0.2) is 9.37 Å². The van der Waals surface area contributed by atoms with Crippen LogP contribution in [0.25, 0.3) is 11.0 Å². The van der Waals surface area contributed by atoms with Gasteiger partial charge in [0, 0.05) is 36.8 Å². The first-order valence-electron chi connectivity index (χ1n) is 9.77. The van der Waals surface area contributed by atoms with Gasteiger partial charge in [0.2, 0.25) is 0 Å². The van der Waals surface area contributed by atoms with Crippen molar-refractivity contribution >= 4 is 22.8 Å². The minimum Gasteiger partial charge on any atom is -0.497 e. The van der Waals surface area contributed by atoms with Gasteiger partial charge in [-0.15, -0.1) is 0 Å². The van der Waals surface area contributed by atoms with Crippen LogP contribution >= 0.6 is 0 Å². The van der Waals surface area contributed by atoms with Crippen LogP contribution in [0.3, 0.4) is 0 Å². The van der Waals surface area contributed by atoms with E-state index in [0.29, 0.717) is 24.4 Å². The van der Waals surface area contributed by atoms with E-state index in [4.69, 9.17) is 4.74 Å². The Morgan fingerprint density at radius 3 is 2.50 bits per heavy atom. The number of nitrogens with one attached hydrogen (secondary N) is 1. The van der Waals surface area contributed by atoms with Crippen molar-refractivity contribution in [3.63, 3.8) is 0 Å². The largest absolute Gasteiger partial charge is 0.497 e. The van der Waals surface area contributed by atoms with Gasteiger partial charge in [-0.1, -0.05) is 0 Å². The van der Waals surface area contributed by atoms with Crippen molar-refractivity contribution in [3.05, 3.63) is 59.7 Å². The highest BCUT2D eigenvalue weighted by molar-refractivity contribution is 5.98. The van der Waals surface area contributed by atoms with Crippen LogP contribution in [0.4, 0.5) is 4.39 Å². The average Bonchev–Trinajstić information content (AvgIpc) is 3.20. The number of aromatic nitrogens is 2. The van der Waals surface area contributed by atoms with E-state index in [2.05, 4.69) is 9.97 Å². The van der Waals surface area contributed by atoms with Crippen molar-refractivity contribution in [2.45, 2.75) is 25.9 Å². The fraction of sp³-hybridized carbons (Fsp3) is 0.318. The van der Waals surface area contributed by atoms with E-state index >= 15 is 0 Å². The number of nitrogens with zero attached hydrogens (tertiary/aromatic N) is 3. The summed E-state index contributed by atoms with van der Waals surface area (Å²) in [6.45, 7) is 4.47. The number of rotatable bonds is 3. The normalized spacial score (nSPS) is 19.2. The van der Waals surface area contributed by atoms with Crippen LogP contribution in [-0.4, -0.2) is 63.9 Å². The molecule has 0 saturated carbocycles. The summed E-state index contributed by atoms with van der Waals surface area (Å²) in [7, 11) is 1.45. The Kier molecular flexibility index (Phi) is 5.15. The highest BCUT2D eigenvalue weighted by Gasteiger charge is 2.36. The van der Waals surface area contributed by atoms with Gasteiger partial charge in [0.25, 0.3) is 11.8 Å².